The molecule has 0 spiro atoms. The van der Waals surface area contributed by atoms with Gasteiger partial charge in [0.25, 0.3) is 0 Å². The van der Waals surface area contributed by atoms with Gasteiger partial charge in [-0.3, -0.25) is 5.10 Å². The fraction of sp³-hybridized carbons (Fsp3) is 0.182. The van der Waals surface area contributed by atoms with Crippen LogP contribution in [0.15, 0.2) is 22.8 Å². The maximum Gasteiger partial charge on any atom is 0.133 e. The number of nitrogen functional groups attached to an aromatic ring is 1. The van der Waals surface area contributed by atoms with E-state index in [4.69, 9.17) is 15.2 Å². The number of nitrogens with two attached hydrogens (primary N) is 1. The van der Waals surface area contributed by atoms with E-state index < -0.39 is 0 Å². The Labute approximate surface area is 107 Å². The van der Waals surface area contributed by atoms with Crippen LogP contribution in [0.5, 0.6) is 11.5 Å². The summed E-state index contributed by atoms with van der Waals surface area (Å²) in [5.41, 5.74) is 7.42. The summed E-state index contributed by atoms with van der Waals surface area (Å²) in [7, 11) is 3.21. The van der Waals surface area contributed by atoms with E-state index >= 15 is 0 Å². The number of anilines is 1. The lowest BCUT2D eigenvalue weighted by molar-refractivity contribution is 0.402. The SMILES string of the molecule is COc1cc(-c2cn[nH]c2N)c(OC)cc1Br. The van der Waals surface area contributed by atoms with Crippen molar-refractivity contribution in [1.29, 1.82) is 0 Å². The molecule has 0 fully saturated rings. The van der Waals surface area contributed by atoms with E-state index in [2.05, 4.69) is 26.1 Å². The Morgan fingerprint density at radius 3 is 2.41 bits per heavy atom. The molecule has 0 aliphatic rings. The number of halogens is 1. The van der Waals surface area contributed by atoms with Gasteiger partial charge in [0.05, 0.1) is 24.9 Å². The van der Waals surface area contributed by atoms with Crippen LogP contribution in [0.1, 0.15) is 0 Å². The Bertz CT molecular complexity index is 540. The number of hydrogen-bond acceptors (Lipinski definition) is 4. The average Bonchev–Trinajstić information content (AvgIpc) is 2.75. The Morgan fingerprint density at radius 2 is 1.88 bits per heavy atom. The molecule has 0 radical (unpaired) electrons. The lowest BCUT2D eigenvalue weighted by atomic mass is 10.1. The van der Waals surface area contributed by atoms with Gasteiger partial charge in [-0.25, -0.2) is 0 Å². The maximum atomic E-state index is 5.80. The van der Waals surface area contributed by atoms with Gasteiger partial charge in [0.1, 0.15) is 17.3 Å². The predicted octanol–water partition coefficient (Wildman–Crippen LogP) is 2.44. The van der Waals surface area contributed by atoms with Gasteiger partial charge in [-0.1, -0.05) is 0 Å². The molecule has 0 aliphatic heterocycles. The second kappa shape index (κ2) is 4.67. The quantitative estimate of drug-likeness (QED) is 0.913. The summed E-state index contributed by atoms with van der Waals surface area (Å²) in [6, 6.07) is 3.69. The van der Waals surface area contributed by atoms with Gasteiger partial charge in [-0.15, -0.1) is 0 Å². The number of ether oxygens (including phenoxy) is 2. The van der Waals surface area contributed by atoms with E-state index in [9.17, 15) is 0 Å². The molecule has 5 nitrogen and oxygen atoms in total. The van der Waals surface area contributed by atoms with Crippen LogP contribution in [-0.2, 0) is 0 Å². The minimum Gasteiger partial charge on any atom is -0.496 e. The lowest BCUT2D eigenvalue weighted by Crippen LogP contribution is -1.93. The van der Waals surface area contributed by atoms with E-state index in [1.165, 1.54) is 0 Å². The van der Waals surface area contributed by atoms with Gasteiger partial charge in [-0.2, -0.15) is 5.10 Å². The molecule has 0 bridgehead atoms. The topological polar surface area (TPSA) is 73.2 Å². The Kier molecular flexibility index (Phi) is 3.23. The zero-order valence-electron chi connectivity index (χ0n) is 9.45. The molecule has 0 saturated heterocycles. The molecule has 6 heteroatoms. The minimum atomic E-state index is 0.493. The highest BCUT2D eigenvalue weighted by Crippen LogP contribution is 2.39. The van der Waals surface area contributed by atoms with E-state index in [0.717, 1.165) is 15.6 Å². The Morgan fingerprint density at radius 1 is 1.18 bits per heavy atom. The standard InChI is InChI=1S/C11H12BrN3O2/c1-16-9-4-8(12)10(17-2)3-6(9)7-5-14-15-11(7)13/h3-5H,1-2H3,(H3,13,14,15). The zero-order valence-corrected chi connectivity index (χ0v) is 11.0. The maximum absolute atomic E-state index is 5.80. The first-order chi connectivity index (χ1) is 8.17. The number of nitrogens with zero attached hydrogens (tertiary/aromatic N) is 1. The number of H-pyrrole nitrogens is 1. The summed E-state index contributed by atoms with van der Waals surface area (Å²) in [5.74, 6) is 1.90. The molecule has 3 N–H and O–H groups in total. The van der Waals surface area contributed by atoms with Crippen LogP contribution in [0, 0.1) is 0 Å². The second-order valence-electron chi connectivity index (χ2n) is 3.38. The van der Waals surface area contributed by atoms with Crippen LogP contribution in [0.2, 0.25) is 0 Å². The molecule has 90 valence electrons. The van der Waals surface area contributed by atoms with Crippen molar-refractivity contribution < 1.29 is 9.47 Å². The third kappa shape index (κ3) is 2.08. The summed E-state index contributed by atoms with van der Waals surface area (Å²) >= 11 is 3.40. The molecular weight excluding hydrogens is 286 g/mol. The van der Waals surface area contributed by atoms with Crippen molar-refractivity contribution in [2.45, 2.75) is 0 Å². The molecular formula is C11H12BrN3O2. The lowest BCUT2D eigenvalue weighted by Gasteiger charge is -2.11. The number of rotatable bonds is 3. The first-order valence-electron chi connectivity index (χ1n) is 4.88. The summed E-state index contributed by atoms with van der Waals surface area (Å²) in [4.78, 5) is 0. The van der Waals surface area contributed by atoms with E-state index in [0.29, 0.717) is 17.3 Å². The van der Waals surface area contributed by atoms with Crippen LogP contribution in [-0.4, -0.2) is 24.4 Å². The van der Waals surface area contributed by atoms with Crippen LogP contribution >= 0.6 is 15.9 Å². The molecule has 1 aromatic heterocycles. The highest BCUT2D eigenvalue weighted by Gasteiger charge is 2.14. The number of benzene rings is 1. The first kappa shape index (κ1) is 11.8. The molecule has 0 atom stereocenters. The minimum absolute atomic E-state index is 0.493. The fourth-order valence-corrected chi connectivity index (χ4v) is 2.07. The summed E-state index contributed by atoms with van der Waals surface area (Å²) in [6.45, 7) is 0. The third-order valence-corrected chi connectivity index (χ3v) is 3.05. The van der Waals surface area contributed by atoms with Gasteiger partial charge >= 0.3 is 0 Å². The van der Waals surface area contributed by atoms with Gasteiger partial charge < -0.3 is 15.2 Å². The first-order valence-corrected chi connectivity index (χ1v) is 5.67. The molecule has 0 aliphatic carbocycles. The molecule has 2 aromatic rings. The highest BCUT2D eigenvalue weighted by atomic mass is 79.9. The van der Waals surface area contributed by atoms with Crippen molar-refractivity contribution in [1.82, 2.24) is 10.2 Å². The Hall–Kier alpha value is -1.69. The van der Waals surface area contributed by atoms with Crippen LogP contribution < -0.4 is 15.2 Å². The fourth-order valence-electron chi connectivity index (χ4n) is 1.58. The van der Waals surface area contributed by atoms with Crippen molar-refractivity contribution in [3.63, 3.8) is 0 Å². The van der Waals surface area contributed by atoms with Crippen molar-refractivity contribution in [2.75, 3.05) is 20.0 Å². The summed E-state index contributed by atoms with van der Waals surface area (Å²) in [5, 5.41) is 6.58. The molecule has 1 aromatic carbocycles. The normalized spacial score (nSPS) is 10.3. The monoisotopic (exact) mass is 297 g/mol. The smallest absolute Gasteiger partial charge is 0.133 e. The van der Waals surface area contributed by atoms with Crippen LogP contribution in [0.25, 0.3) is 11.1 Å². The summed E-state index contributed by atoms with van der Waals surface area (Å²) in [6.07, 6.45) is 1.65. The third-order valence-electron chi connectivity index (χ3n) is 2.43. The largest absolute Gasteiger partial charge is 0.496 e. The number of nitrogens with one attached hydrogen (secondary N) is 1. The molecule has 0 unspecified atom stereocenters. The molecule has 0 saturated carbocycles. The van der Waals surface area contributed by atoms with Crippen molar-refractivity contribution in [2.24, 2.45) is 0 Å². The number of methoxy groups -OCH3 is 2. The molecule has 1 heterocycles. The van der Waals surface area contributed by atoms with Crippen molar-refractivity contribution in [3.05, 3.63) is 22.8 Å². The second-order valence-corrected chi connectivity index (χ2v) is 4.24. The van der Waals surface area contributed by atoms with Gasteiger partial charge in [0.2, 0.25) is 0 Å². The average molecular weight is 298 g/mol. The number of hydrogen-bond donors (Lipinski definition) is 2. The van der Waals surface area contributed by atoms with Gasteiger partial charge in [0, 0.05) is 11.1 Å². The summed E-state index contributed by atoms with van der Waals surface area (Å²) < 4.78 is 11.4. The zero-order chi connectivity index (χ0) is 12.4. The Balaban J connectivity index is 2.63. The van der Waals surface area contributed by atoms with E-state index in [1.807, 2.05) is 12.1 Å². The molecule has 2 rings (SSSR count). The molecule has 17 heavy (non-hydrogen) atoms. The molecule has 0 amide bonds. The van der Waals surface area contributed by atoms with E-state index in [1.54, 1.807) is 20.4 Å². The van der Waals surface area contributed by atoms with Crippen molar-refractivity contribution in [3.8, 4) is 22.6 Å². The number of aromatic amines is 1. The van der Waals surface area contributed by atoms with Crippen molar-refractivity contribution >= 4 is 21.7 Å². The van der Waals surface area contributed by atoms with Gasteiger partial charge in [-0.05, 0) is 28.1 Å². The van der Waals surface area contributed by atoms with Crippen LogP contribution in [0.4, 0.5) is 5.82 Å². The highest BCUT2D eigenvalue weighted by molar-refractivity contribution is 9.10. The van der Waals surface area contributed by atoms with Gasteiger partial charge in [0.15, 0.2) is 0 Å². The predicted molar refractivity (Wildman–Crippen MR) is 69.2 cm³/mol. The van der Waals surface area contributed by atoms with E-state index in [-0.39, 0.29) is 0 Å². The van der Waals surface area contributed by atoms with Crippen LogP contribution in [0.3, 0.4) is 0 Å². The number of aromatic nitrogens is 2.